The fraction of sp³-hybridized carbons (Fsp3) is 0.213. The molecule has 5 aromatic rings. The molecule has 0 aliphatic rings. The summed E-state index contributed by atoms with van der Waals surface area (Å²) in [5.41, 5.74) is 3.72. The van der Waals surface area contributed by atoms with Crippen LogP contribution in [0, 0.1) is 23.2 Å². The SMILES string of the molecule is CCC(CC(C)C(=O)OCCCCOc1ccc(C(=O)Oc2ccc(-c3ccc(C#N)cc3)cc2)cc1)C(=O)Oc1ccc(OC(=O)/C=C/c2ccccc2)cc1. The number of carbonyl (C=O) groups is 4. The van der Waals surface area contributed by atoms with E-state index in [0.29, 0.717) is 60.0 Å². The third-order valence-electron chi connectivity index (χ3n) is 8.89. The first-order valence-corrected chi connectivity index (χ1v) is 18.7. The van der Waals surface area contributed by atoms with Crippen molar-refractivity contribution in [2.75, 3.05) is 13.2 Å². The molecule has 0 fully saturated rings. The lowest BCUT2D eigenvalue weighted by molar-refractivity contribution is -0.149. The second-order valence-corrected chi connectivity index (χ2v) is 13.2. The highest BCUT2D eigenvalue weighted by Crippen LogP contribution is 2.25. The molecule has 0 aromatic heterocycles. The van der Waals surface area contributed by atoms with Crippen LogP contribution in [0.3, 0.4) is 0 Å². The smallest absolute Gasteiger partial charge is 0.343 e. The molecule has 2 unspecified atom stereocenters. The van der Waals surface area contributed by atoms with Gasteiger partial charge in [-0.3, -0.25) is 9.59 Å². The van der Waals surface area contributed by atoms with Crippen LogP contribution >= 0.6 is 0 Å². The predicted molar refractivity (Wildman–Crippen MR) is 214 cm³/mol. The van der Waals surface area contributed by atoms with E-state index >= 15 is 0 Å². The lowest BCUT2D eigenvalue weighted by atomic mass is 9.94. The van der Waals surface area contributed by atoms with E-state index in [2.05, 4.69) is 6.07 Å². The summed E-state index contributed by atoms with van der Waals surface area (Å²) in [6, 6.07) is 38.7. The Morgan fingerprint density at radius 2 is 1.21 bits per heavy atom. The first kappa shape index (κ1) is 41.2. The molecule has 0 saturated carbocycles. The van der Waals surface area contributed by atoms with E-state index in [1.54, 1.807) is 85.8 Å². The number of unbranched alkanes of at least 4 members (excludes halogenated alkanes) is 1. The van der Waals surface area contributed by atoms with Gasteiger partial charge < -0.3 is 23.7 Å². The molecule has 0 saturated heterocycles. The first-order valence-electron chi connectivity index (χ1n) is 18.7. The molecule has 0 aliphatic heterocycles. The molecule has 0 aliphatic carbocycles. The summed E-state index contributed by atoms with van der Waals surface area (Å²) >= 11 is 0. The van der Waals surface area contributed by atoms with E-state index in [0.717, 1.165) is 16.7 Å². The molecule has 0 spiro atoms. The Bertz CT molecular complexity index is 2150. The lowest BCUT2D eigenvalue weighted by Gasteiger charge is -2.18. The summed E-state index contributed by atoms with van der Waals surface area (Å²) in [7, 11) is 0. The average molecular weight is 766 g/mol. The molecule has 5 rings (SSSR count). The number of benzene rings is 5. The molecule has 0 heterocycles. The standard InChI is InChI=1S/C47H43NO9/c1-3-36(46(51)56-43-26-24-41(25-27-43)55-44(49)28-13-34-9-5-4-6-10-34)31-33(2)45(50)54-30-8-7-29-53-40-20-18-39(19-21-40)47(52)57-42-22-16-38(17-23-42)37-14-11-35(32-48)12-15-37/h4-6,9-28,33,36H,3,7-8,29-31H2,1-2H3/b28-13+. The van der Waals surface area contributed by atoms with Crippen LogP contribution in [-0.4, -0.2) is 37.1 Å². The summed E-state index contributed by atoms with van der Waals surface area (Å²) in [4.78, 5) is 50.4. The van der Waals surface area contributed by atoms with Gasteiger partial charge in [0.25, 0.3) is 0 Å². The number of hydrogen-bond donors (Lipinski definition) is 0. The second-order valence-electron chi connectivity index (χ2n) is 13.2. The molecule has 0 radical (unpaired) electrons. The summed E-state index contributed by atoms with van der Waals surface area (Å²) in [6.45, 7) is 4.19. The van der Waals surface area contributed by atoms with Gasteiger partial charge in [0.05, 0.1) is 42.2 Å². The molecule has 2 atom stereocenters. The van der Waals surface area contributed by atoms with Crippen LogP contribution < -0.4 is 18.9 Å². The quantitative estimate of drug-likeness (QED) is 0.0367. The number of esters is 4. The van der Waals surface area contributed by atoms with Crippen LogP contribution in [0.15, 0.2) is 133 Å². The van der Waals surface area contributed by atoms with Gasteiger partial charge in [-0.1, -0.05) is 68.4 Å². The number of ether oxygens (including phenoxy) is 5. The second kappa shape index (κ2) is 21.2. The van der Waals surface area contributed by atoms with Crippen molar-refractivity contribution in [2.45, 2.75) is 39.5 Å². The third-order valence-corrected chi connectivity index (χ3v) is 8.89. The van der Waals surface area contributed by atoms with Crippen LogP contribution in [-0.2, 0) is 19.1 Å². The van der Waals surface area contributed by atoms with Crippen molar-refractivity contribution in [3.63, 3.8) is 0 Å². The fourth-order valence-electron chi connectivity index (χ4n) is 5.62. The maximum atomic E-state index is 12.9. The Balaban J connectivity index is 0.953. The van der Waals surface area contributed by atoms with Crippen molar-refractivity contribution in [1.82, 2.24) is 0 Å². The minimum Gasteiger partial charge on any atom is -0.494 e. The first-order chi connectivity index (χ1) is 27.7. The van der Waals surface area contributed by atoms with E-state index in [-0.39, 0.29) is 19.0 Å². The molecular formula is C47H43NO9. The van der Waals surface area contributed by atoms with Gasteiger partial charge in [-0.2, -0.15) is 5.26 Å². The summed E-state index contributed by atoms with van der Waals surface area (Å²) in [5, 5.41) is 8.99. The predicted octanol–water partition coefficient (Wildman–Crippen LogP) is 9.42. The highest BCUT2D eigenvalue weighted by atomic mass is 16.5. The Hall–Kier alpha value is -6.99. The van der Waals surface area contributed by atoms with Crippen molar-refractivity contribution >= 4 is 30.0 Å². The minimum absolute atomic E-state index is 0.214. The van der Waals surface area contributed by atoms with Gasteiger partial charge in [0.1, 0.15) is 23.0 Å². The van der Waals surface area contributed by atoms with Gasteiger partial charge in [-0.05, 0) is 121 Å². The number of nitriles is 1. The zero-order valence-corrected chi connectivity index (χ0v) is 31.8. The summed E-state index contributed by atoms with van der Waals surface area (Å²) in [6.07, 6.45) is 4.97. The lowest BCUT2D eigenvalue weighted by Crippen LogP contribution is -2.26. The highest BCUT2D eigenvalue weighted by molar-refractivity contribution is 5.91. The van der Waals surface area contributed by atoms with E-state index in [1.165, 1.54) is 6.08 Å². The van der Waals surface area contributed by atoms with E-state index in [4.69, 9.17) is 28.9 Å². The zero-order valence-electron chi connectivity index (χ0n) is 31.8. The maximum Gasteiger partial charge on any atom is 0.343 e. The van der Waals surface area contributed by atoms with Gasteiger partial charge in [-0.15, -0.1) is 0 Å². The van der Waals surface area contributed by atoms with Crippen molar-refractivity contribution in [1.29, 1.82) is 5.26 Å². The number of carbonyl (C=O) groups excluding carboxylic acids is 4. The third kappa shape index (κ3) is 13.1. The number of nitrogens with zero attached hydrogens (tertiary/aromatic N) is 1. The Morgan fingerprint density at radius 3 is 1.84 bits per heavy atom. The normalized spacial score (nSPS) is 11.8. The van der Waals surface area contributed by atoms with Crippen LogP contribution in [0.4, 0.5) is 0 Å². The monoisotopic (exact) mass is 765 g/mol. The average Bonchev–Trinajstić information content (AvgIpc) is 3.24. The van der Waals surface area contributed by atoms with Crippen LogP contribution in [0.25, 0.3) is 17.2 Å². The molecule has 290 valence electrons. The highest BCUT2D eigenvalue weighted by Gasteiger charge is 2.26. The molecule has 5 aromatic carbocycles. The number of hydrogen-bond acceptors (Lipinski definition) is 10. The van der Waals surface area contributed by atoms with Crippen molar-refractivity contribution < 1.29 is 42.9 Å². The Morgan fingerprint density at radius 1 is 0.649 bits per heavy atom. The minimum atomic E-state index is -0.533. The molecule has 0 N–H and O–H groups in total. The van der Waals surface area contributed by atoms with Crippen molar-refractivity contribution in [3.05, 3.63) is 150 Å². The van der Waals surface area contributed by atoms with Crippen LogP contribution in [0.1, 0.15) is 61.0 Å². The van der Waals surface area contributed by atoms with Gasteiger partial charge in [0.15, 0.2) is 0 Å². The molecule has 0 bridgehead atoms. The topological polar surface area (TPSA) is 138 Å². The molecule has 0 amide bonds. The van der Waals surface area contributed by atoms with Crippen LogP contribution in [0.5, 0.6) is 23.0 Å². The molecular weight excluding hydrogens is 723 g/mol. The molecule has 57 heavy (non-hydrogen) atoms. The van der Waals surface area contributed by atoms with Crippen molar-refractivity contribution in [3.8, 4) is 40.2 Å². The van der Waals surface area contributed by atoms with Crippen LogP contribution in [0.2, 0.25) is 0 Å². The van der Waals surface area contributed by atoms with Gasteiger partial charge in [-0.25, -0.2) is 9.59 Å². The van der Waals surface area contributed by atoms with Gasteiger partial charge >= 0.3 is 23.9 Å². The summed E-state index contributed by atoms with van der Waals surface area (Å²) < 4.78 is 27.6. The van der Waals surface area contributed by atoms with Gasteiger partial charge in [0.2, 0.25) is 0 Å². The van der Waals surface area contributed by atoms with Gasteiger partial charge in [0, 0.05) is 6.08 Å². The van der Waals surface area contributed by atoms with E-state index < -0.39 is 29.7 Å². The molecule has 10 heteroatoms. The Kier molecular flexibility index (Phi) is 15.3. The maximum absolute atomic E-state index is 12.9. The largest absolute Gasteiger partial charge is 0.494 e. The van der Waals surface area contributed by atoms with E-state index in [9.17, 15) is 19.2 Å². The molecule has 10 nitrogen and oxygen atoms in total. The Labute approximate surface area is 332 Å². The van der Waals surface area contributed by atoms with E-state index in [1.807, 2.05) is 61.5 Å². The summed E-state index contributed by atoms with van der Waals surface area (Å²) in [5.74, 6) is -1.29. The van der Waals surface area contributed by atoms with Crippen molar-refractivity contribution in [2.24, 2.45) is 11.8 Å². The zero-order chi connectivity index (χ0) is 40.4. The number of rotatable bonds is 18. The fourth-order valence-corrected chi connectivity index (χ4v) is 5.62.